The van der Waals surface area contributed by atoms with Crippen molar-refractivity contribution in [2.45, 2.75) is 70.9 Å². The Morgan fingerprint density at radius 2 is 2.04 bits per heavy atom. The van der Waals surface area contributed by atoms with E-state index in [0.29, 0.717) is 42.5 Å². The summed E-state index contributed by atoms with van der Waals surface area (Å²) in [5.41, 5.74) is 0. The van der Waals surface area contributed by atoms with E-state index in [1.54, 1.807) is 0 Å². The highest BCUT2D eigenvalue weighted by molar-refractivity contribution is 5.76. The van der Waals surface area contributed by atoms with Crippen LogP contribution in [0.15, 0.2) is 4.52 Å². The fourth-order valence-corrected chi connectivity index (χ4v) is 4.16. The zero-order valence-corrected chi connectivity index (χ0v) is 14.3. The lowest BCUT2D eigenvalue weighted by atomic mass is 10.0. The lowest BCUT2D eigenvalue weighted by Gasteiger charge is -2.34. The lowest BCUT2D eigenvalue weighted by molar-refractivity contribution is -0.133. The van der Waals surface area contributed by atoms with Crippen molar-refractivity contribution in [3.05, 3.63) is 11.7 Å². The molecule has 0 saturated carbocycles. The van der Waals surface area contributed by atoms with E-state index in [9.17, 15) is 4.79 Å². The van der Waals surface area contributed by atoms with E-state index >= 15 is 0 Å². The number of rotatable bonds is 6. The lowest BCUT2D eigenvalue weighted by Crippen LogP contribution is -2.48. The van der Waals surface area contributed by atoms with Gasteiger partial charge in [-0.25, -0.2) is 0 Å². The van der Waals surface area contributed by atoms with Crippen molar-refractivity contribution in [2.75, 3.05) is 19.6 Å². The number of hydrogen-bond acceptors (Lipinski definition) is 5. The second kappa shape index (κ2) is 7.43. The first-order chi connectivity index (χ1) is 11.2. The molecule has 0 aliphatic carbocycles. The van der Waals surface area contributed by atoms with E-state index in [2.05, 4.69) is 26.9 Å². The van der Waals surface area contributed by atoms with Crippen LogP contribution < -0.4 is 0 Å². The predicted molar refractivity (Wildman–Crippen MR) is 87.0 cm³/mol. The van der Waals surface area contributed by atoms with Crippen LogP contribution in [0.25, 0.3) is 0 Å². The molecule has 2 fully saturated rings. The van der Waals surface area contributed by atoms with Gasteiger partial charge in [-0.2, -0.15) is 4.98 Å². The third-order valence-corrected chi connectivity index (χ3v) is 5.24. The van der Waals surface area contributed by atoms with Gasteiger partial charge >= 0.3 is 0 Å². The number of nitrogens with zero attached hydrogens (tertiary/aromatic N) is 4. The summed E-state index contributed by atoms with van der Waals surface area (Å²) in [6, 6.07) is 1.00. The van der Waals surface area contributed by atoms with Gasteiger partial charge < -0.3 is 9.42 Å². The van der Waals surface area contributed by atoms with Gasteiger partial charge in [0.05, 0.1) is 0 Å². The van der Waals surface area contributed by atoms with Crippen LogP contribution in [-0.4, -0.2) is 57.6 Å². The average molecular weight is 320 g/mol. The maximum atomic E-state index is 12.6. The molecule has 23 heavy (non-hydrogen) atoms. The number of amides is 1. The van der Waals surface area contributed by atoms with Crippen molar-refractivity contribution in [1.82, 2.24) is 19.9 Å². The number of likely N-dealkylation sites (tertiary alicyclic amines) is 2. The molecule has 0 N–H and O–H groups in total. The van der Waals surface area contributed by atoms with E-state index < -0.39 is 0 Å². The summed E-state index contributed by atoms with van der Waals surface area (Å²) >= 11 is 0. The quantitative estimate of drug-likeness (QED) is 0.804. The van der Waals surface area contributed by atoms with E-state index in [1.165, 1.54) is 19.4 Å². The standard InChI is InChI=1S/C17H28N4O2/c1-3-20-11-5-7-14(20)15-8-6-12-21(15)17(22)10-4-9-16-18-13(2)19-23-16/h14-15H,3-12H2,1-2H3/t14-,15+/m0/s1. The molecule has 6 nitrogen and oxygen atoms in total. The molecule has 3 heterocycles. The van der Waals surface area contributed by atoms with Crippen LogP contribution in [0.5, 0.6) is 0 Å². The Bertz CT molecular complexity index is 530. The van der Waals surface area contributed by atoms with Crippen molar-refractivity contribution < 1.29 is 9.32 Å². The van der Waals surface area contributed by atoms with Crippen molar-refractivity contribution in [2.24, 2.45) is 0 Å². The summed E-state index contributed by atoms with van der Waals surface area (Å²) in [6.07, 6.45) is 6.87. The molecule has 3 rings (SSSR count). The molecule has 0 bridgehead atoms. The summed E-state index contributed by atoms with van der Waals surface area (Å²) in [7, 11) is 0. The molecule has 6 heteroatoms. The van der Waals surface area contributed by atoms with Gasteiger partial charge in [0.1, 0.15) is 0 Å². The molecule has 0 spiro atoms. The number of aryl methyl sites for hydroxylation is 2. The second-order valence-electron chi connectivity index (χ2n) is 6.72. The topological polar surface area (TPSA) is 62.5 Å². The van der Waals surface area contributed by atoms with Crippen molar-refractivity contribution >= 4 is 5.91 Å². The van der Waals surface area contributed by atoms with Crippen LogP contribution in [0.2, 0.25) is 0 Å². The Morgan fingerprint density at radius 1 is 1.26 bits per heavy atom. The normalized spacial score (nSPS) is 25.4. The number of carbonyl (C=O) groups is 1. The summed E-state index contributed by atoms with van der Waals surface area (Å²) in [5.74, 6) is 1.60. The Labute approximate surface area is 138 Å². The van der Waals surface area contributed by atoms with Gasteiger partial charge in [-0.15, -0.1) is 0 Å². The SMILES string of the molecule is CCN1CCC[C@H]1[C@H]1CCCN1C(=O)CCCc1nc(C)no1. The van der Waals surface area contributed by atoms with Crippen molar-refractivity contribution in [3.8, 4) is 0 Å². The fourth-order valence-electron chi connectivity index (χ4n) is 4.16. The highest BCUT2D eigenvalue weighted by atomic mass is 16.5. The van der Waals surface area contributed by atoms with Crippen molar-refractivity contribution in [3.63, 3.8) is 0 Å². The summed E-state index contributed by atoms with van der Waals surface area (Å²) in [4.78, 5) is 21.5. The predicted octanol–water partition coefficient (Wildman–Crippen LogP) is 2.18. The van der Waals surface area contributed by atoms with E-state index in [0.717, 1.165) is 32.4 Å². The molecule has 0 radical (unpaired) electrons. The smallest absolute Gasteiger partial charge is 0.226 e. The average Bonchev–Trinajstić information content (AvgIpc) is 3.26. The molecule has 2 aliphatic heterocycles. The maximum absolute atomic E-state index is 12.6. The van der Waals surface area contributed by atoms with Crippen LogP contribution in [0.4, 0.5) is 0 Å². The molecule has 2 atom stereocenters. The highest BCUT2D eigenvalue weighted by Crippen LogP contribution is 2.30. The Kier molecular flexibility index (Phi) is 5.30. The molecule has 0 aromatic carbocycles. The molecule has 2 aliphatic rings. The van der Waals surface area contributed by atoms with E-state index in [4.69, 9.17) is 4.52 Å². The molecule has 1 aromatic heterocycles. The van der Waals surface area contributed by atoms with E-state index in [1.807, 2.05) is 6.92 Å². The summed E-state index contributed by atoms with van der Waals surface area (Å²) in [6.45, 7) is 7.26. The van der Waals surface area contributed by atoms with Gasteiger partial charge in [0.2, 0.25) is 11.8 Å². The first kappa shape index (κ1) is 16.4. The summed E-state index contributed by atoms with van der Waals surface area (Å²) < 4.78 is 5.11. The third kappa shape index (κ3) is 3.74. The van der Waals surface area contributed by atoms with Gasteiger partial charge in [-0.3, -0.25) is 9.69 Å². The number of likely N-dealkylation sites (N-methyl/N-ethyl adjacent to an activating group) is 1. The molecule has 0 unspecified atom stereocenters. The van der Waals surface area contributed by atoms with E-state index in [-0.39, 0.29) is 0 Å². The maximum Gasteiger partial charge on any atom is 0.226 e. The first-order valence-electron chi connectivity index (χ1n) is 9.01. The van der Waals surface area contributed by atoms with Crippen molar-refractivity contribution in [1.29, 1.82) is 0 Å². The highest BCUT2D eigenvalue weighted by Gasteiger charge is 2.38. The van der Waals surface area contributed by atoms with Crippen LogP contribution in [-0.2, 0) is 11.2 Å². The second-order valence-corrected chi connectivity index (χ2v) is 6.72. The van der Waals surface area contributed by atoms with Gasteiger partial charge in [0.25, 0.3) is 0 Å². The molecule has 1 aromatic rings. The fraction of sp³-hybridized carbons (Fsp3) is 0.824. The molecule has 1 amide bonds. The van der Waals surface area contributed by atoms with Gasteiger partial charge in [-0.1, -0.05) is 12.1 Å². The zero-order chi connectivity index (χ0) is 16.2. The number of aromatic nitrogens is 2. The van der Waals surface area contributed by atoms with Gasteiger partial charge in [0, 0.05) is 31.5 Å². The monoisotopic (exact) mass is 320 g/mol. The Hall–Kier alpha value is -1.43. The Balaban J connectivity index is 1.51. The molecular weight excluding hydrogens is 292 g/mol. The minimum atomic E-state index is 0.298. The number of carbonyl (C=O) groups excluding carboxylic acids is 1. The van der Waals surface area contributed by atoms with Crippen LogP contribution in [0, 0.1) is 6.92 Å². The largest absolute Gasteiger partial charge is 0.339 e. The zero-order valence-electron chi connectivity index (χ0n) is 14.3. The van der Waals surface area contributed by atoms with Crippen LogP contribution >= 0.6 is 0 Å². The number of hydrogen-bond donors (Lipinski definition) is 0. The molecule has 2 saturated heterocycles. The van der Waals surface area contributed by atoms with Crippen LogP contribution in [0.3, 0.4) is 0 Å². The van der Waals surface area contributed by atoms with Crippen LogP contribution in [0.1, 0.15) is 57.2 Å². The molecule has 128 valence electrons. The third-order valence-electron chi connectivity index (χ3n) is 5.24. The minimum absolute atomic E-state index is 0.298. The summed E-state index contributed by atoms with van der Waals surface area (Å²) in [5, 5.41) is 3.79. The minimum Gasteiger partial charge on any atom is -0.339 e. The van der Waals surface area contributed by atoms with Gasteiger partial charge in [-0.05, 0) is 52.1 Å². The Morgan fingerprint density at radius 3 is 2.78 bits per heavy atom. The van der Waals surface area contributed by atoms with Gasteiger partial charge in [0.15, 0.2) is 5.82 Å². The molecular formula is C17H28N4O2. The first-order valence-corrected chi connectivity index (χ1v) is 9.01.